The van der Waals surface area contributed by atoms with E-state index in [4.69, 9.17) is 0 Å². The van der Waals surface area contributed by atoms with Gasteiger partial charge in [0.1, 0.15) is 0 Å². The Kier molecular flexibility index (Phi) is 5.60. The molecule has 110 valence electrons. The Morgan fingerprint density at radius 3 is 3.00 bits per heavy atom. The topological polar surface area (TPSA) is 41.1 Å². The van der Waals surface area contributed by atoms with Crippen molar-refractivity contribution in [2.24, 2.45) is 0 Å². The van der Waals surface area contributed by atoms with Crippen LogP contribution in [0.2, 0.25) is 0 Å². The molecule has 0 bridgehead atoms. The molecule has 2 rings (SSSR count). The number of nitrogens with one attached hydrogen (secondary N) is 2. The van der Waals surface area contributed by atoms with Gasteiger partial charge in [0.05, 0.1) is 6.04 Å². The first-order valence-electron chi connectivity index (χ1n) is 7.84. The molecule has 3 nitrogen and oxygen atoms in total. The van der Waals surface area contributed by atoms with Crippen LogP contribution in [0.3, 0.4) is 0 Å². The number of carbonyl (C=O) groups is 1. The van der Waals surface area contributed by atoms with Gasteiger partial charge in [-0.2, -0.15) is 0 Å². The molecular weight excluding hydrogens is 248 g/mol. The monoisotopic (exact) mass is 274 g/mol. The summed E-state index contributed by atoms with van der Waals surface area (Å²) in [6, 6.07) is 8.76. The van der Waals surface area contributed by atoms with Crippen LogP contribution in [0.4, 0.5) is 0 Å². The molecule has 1 amide bonds. The third-order valence-electron chi connectivity index (χ3n) is 4.04. The van der Waals surface area contributed by atoms with Gasteiger partial charge >= 0.3 is 0 Å². The summed E-state index contributed by atoms with van der Waals surface area (Å²) in [6.45, 7) is 4.87. The zero-order chi connectivity index (χ0) is 14.4. The van der Waals surface area contributed by atoms with Gasteiger partial charge in [-0.15, -0.1) is 0 Å². The lowest BCUT2D eigenvalue weighted by Crippen LogP contribution is -2.44. The highest BCUT2D eigenvalue weighted by atomic mass is 16.2. The Morgan fingerprint density at radius 2 is 2.20 bits per heavy atom. The summed E-state index contributed by atoms with van der Waals surface area (Å²) in [4.78, 5) is 12.0. The molecule has 20 heavy (non-hydrogen) atoms. The van der Waals surface area contributed by atoms with Gasteiger partial charge in [0.2, 0.25) is 5.91 Å². The molecule has 2 atom stereocenters. The summed E-state index contributed by atoms with van der Waals surface area (Å²) >= 11 is 0. The highest BCUT2D eigenvalue weighted by Crippen LogP contribution is 2.29. The van der Waals surface area contributed by atoms with Crippen molar-refractivity contribution < 1.29 is 4.79 Å². The summed E-state index contributed by atoms with van der Waals surface area (Å²) in [5.41, 5.74) is 2.79. The van der Waals surface area contributed by atoms with Crippen molar-refractivity contribution >= 4 is 5.91 Å². The number of carbonyl (C=O) groups excluding carboxylic acids is 1. The number of unbranched alkanes of at least 4 members (excludes halogenated alkanes) is 1. The van der Waals surface area contributed by atoms with Gasteiger partial charge in [-0.25, -0.2) is 0 Å². The van der Waals surface area contributed by atoms with E-state index >= 15 is 0 Å². The lowest BCUT2D eigenvalue weighted by molar-refractivity contribution is -0.123. The highest BCUT2D eigenvalue weighted by Gasteiger charge is 2.23. The van der Waals surface area contributed by atoms with Gasteiger partial charge in [-0.3, -0.25) is 10.1 Å². The average Bonchev–Trinajstić information content (AvgIpc) is 2.47. The number of fused-ring (bicyclic) bond motifs is 1. The van der Waals surface area contributed by atoms with E-state index in [1.54, 1.807) is 0 Å². The Bertz CT molecular complexity index is 444. The molecule has 1 aromatic carbocycles. The molecule has 1 aromatic rings. The molecule has 2 unspecified atom stereocenters. The summed E-state index contributed by atoms with van der Waals surface area (Å²) in [6.07, 6.45) is 5.62. The first kappa shape index (κ1) is 15.0. The first-order valence-corrected chi connectivity index (χ1v) is 7.84. The highest BCUT2D eigenvalue weighted by molar-refractivity contribution is 5.81. The van der Waals surface area contributed by atoms with Gasteiger partial charge in [-0.05, 0) is 43.7 Å². The van der Waals surface area contributed by atoms with E-state index in [9.17, 15) is 4.79 Å². The van der Waals surface area contributed by atoms with E-state index in [1.165, 1.54) is 17.5 Å². The first-order chi connectivity index (χ1) is 9.72. The van der Waals surface area contributed by atoms with Crippen LogP contribution in [0.15, 0.2) is 24.3 Å². The summed E-state index contributed by atoms with van der Waals surface area (Å²) in [5, 5.41) is 6.49. The lowest BCUT2D eigenvalue weighted by atomic mass is 9.87. The number of hydrogen-bond donors (Lipinski definition) is 2. The van der Waals surface area contributed by atoms with Crippen molar-refractivity contribution in [1.29, 1.82) is 0 Å². The molecule has 3 heteroatoms. The van der Waals surface area contributed by atoms with Crippen molar-refractivity contribution in [1.82, 2.24) is 10.6 Å². The van der Waals surface area contributed by atoms with Crippen LogP contribution in [0.25, 0.3) is 0 Å². The molecule has 0 spiro atoms. The van der Waals surface area contributed by atoms with Crippen LogP contribution in [0.5, 0.6) is 0 Å². The predicted molar refractivity (Wildman–Crippen MR) is 82.6 cm³/mol. The zero-order valence-corrected chi connectivity index (χ0v) is 12.6. The Balaban J connectivity index is 1.92. The molecule has 0 saturated carbocycles. The van der Waals surface area contributed by atoms with Gasteiger partial charge in [0, 0.05) is 12.6 Å². The van der Waals surface area contributed by atoms with Crippen molar-refractivity contribution in [3.63, 3.8) is 0 Å². The molecular formula is C17H26N2O. The van der Waals surface area contributed by atoms with Crippen molar-refractivity contribution in [3.8, 4) is 0 Å². The fraction of sp³-hybridized carbons (Fsp3) is 0.588. The largest absolute Gasteiger partial charge is 0.355 e. The summed E-state index contributed by atoms with van der Waals surface area (Å²) < 4.78 is 0. The molecule has 0 saturated heterocycles. The fourth-order valence-electron chi connectivity index (χ4n) is 2.85. The molecule has 0 aromatic heterocycles. The maximum absolute atomic E-state index is 12.0. The normalized spacial score (nSPS) is 19.2. The average molecular weight is 274 g/mol. The van der Waals surface area contributed by atoms with E-state index < -0.39 is 0 Å². The SMILES string of the molecule is CCCCNC(=O)C(C)NC1CCCc2ccccc21. The summed E-state index contributed by atoms with van der Waals surface area (Å²) in [7, 11) is 0. The minimum absolute atomic E-state index is 0.113. The molecule has 0 radical (unpaired) electrons. The zero-order valence-electron chi connectivity index (χ0n) is 12.6. The minimum Gasteiger partial charge on any atom is -0.355 e. The third-order valence-corrected chi connectivity index (χ3v) is 4.04. The minimum atomic E-state index is -0.136. The van der Waals surface area contributed by atoms with Gasteiger partial charge in [0.25, 0.3) is 0 Å². The van der Waals surface area contributed by atoms with Crippen LogP contribution in [0, 0.1) is 0 Å². The van der Waals surface area contributed by atoms with Crippen LogP contribution in [-0.4, -0.2) is 18.5 Å². The maximum Gasteiger partial charge on any atom is 0.236 e. The molecule has 0 heterocycles. The van der Waals surface area contributed by atoms with Crippen LogP contribution < -0.4 is 10.6 Å². The molecule has 0 fully saturated rings. The number of benzene rings is 1. The quantitative estimate of drug-likeness (QED) is 0.783. The number of aryl methyl sites for hydroxylation is 1. The third kappa shape index (κ3) is 3.83. The number of amides is 1. The van der Waals surface area contributed by atoms with Crippen molar-refractivity contribution in [2.75, 3.05) is 6.54 Å². The smallest absolute Gasteiger partial charge is 0.236 e. The Morgan fingerprint density at radius 1 is 1.40 bits per heavy atom. The standard InChI is InChI=1S/C17H26N2O/c1-3-4-12-18-17(20)13(2)19-16-11-7-9-14-8-5-6-10-15(14)16/h5-6,8,10,13,16,19H,3-4,7,9,11-12H2,1-2H3,(H,18,20). The second-order valence-electron chi connectivity index (χ2n) is 5.68. The molecule has 1 aliphatic carbocycles. The lowest BCUT2D eigenvalue weighted by Gasteiger charge is -2.28. The van der Waals surface area contributed by atoms with E-state index in [0.717, 1.165) is 32.2 Å². The van der Waals surface area contributed by atoms with E-state index in [2.05, 4.69) is 41.8 Å². The van der Waals surface area contributed by atoms with Gasteiger partial charge in [-0.1, -0.05) is 37.6 Å². The summed E-state index contributed by atoms with van der Waals surface area (Å²) in [5.74, 6) is 0.113. The van der Waals surface area contributed by atoms with E-state index in [1.807, 2.05) is 6.92 Å². The fourth-order valence-corrected chi connectivity index (χ4v) is 2.85. The predicted octanol–water partition coefficient (Wildman–Crippen LogP) is 2.96. The van der Waals surface area contributed by atoms with Gasteiger partial charge in [0.15, 0.2) is 0 Å². The molecule has 1 aliphatic rings. The van der Waals surface area contributed by atoms with E-state index in [0.29, 0.717) is 6.04 Å². The van der Waals surface area contributed by atoms with Crippen molar-refractivity contribution in [2.45, 2.75) is 58.0 Å². The second kappa shape index (κ2) is 7.44. The van der Waals surface area contributed by atoms with Crippen LogP contribution in [0.1, 0.15) is 56.7 Å². The molecule has 0 aliphatic heterocycles. The van der Waals surface area contributed by atoms with Crippen molar-refractivity contribution in [3.05, 3.63) is 35.4 Å². The molecule has 2 N–H and O–H groups in total. The number of hydrogen-bond acceptors (Lipinski definition) is 2. The maximum atomic E-state index is 12.0. The Hall–Kier alpha value is -1.35. The van der Waals surface area contributed by atoms with Crippen LogP contribution >= 0.6 is 0 Å². The van der Waals surface area contributed by atoms with Crippen LogP contribution in [-0.2, 0) is 11.2 Å². The number of rotatable bonds is 6. The Labute approximate surface area is 122 Å². The second-order valence-corrected chi connectivity index (χ2v) is 5.68. The van der Waals surface area contributed by atoms with E-state index in [-0.39, 0.29) is 11.9 Å². The van der Waals surface area contributed by atoms with Gasteiger partial charge < -0.3 is 5.32 Å².